The summed E-state index contributed by atoms with van der Waals surface area (Å²) in [5, 5.41) is 0. The first-order valence-electron chi connectivity index (χ1n) is 5.89. The van der Waals surface area contributed by atoms with Crippen LogP contribution in [0, 0.1) is 6.92 Å². The molecule has 0 unspecified atom stereocenters. The average Bonchev–Trinajstić information content (AvgIpc) is 2.26. The van der Waals surface area contributed by atoms with Crippen LogP contribution in [0.25, 0.3) is 0 Å². The molecule has 1 heterocycles. The molecule has 1 aliphatic carbocycles. The van der Waals surface area contributed by atoms with E-state index < -0.39 is 0 Å². The molecule has 2 N–H and O–H groups in total. The zero-order valence-electron chi connectivity index (χ0n) is 9.58. The topological polar surface area (TPSA) is 44.5 Å². The average molecular weight is 219 g/mol. The van der Waals surface area contributed by atoms with Crippen LogP contribution in [0.1, 0.15) is 30.4 Å². The van der Waals surface area contributed by atoms with Crippen LogP contribution in [0.4, 0.5) is 0 Å². The van der Waals surface area contributed by atoms with Gasteiger partial charge >= 0.3 is 0 Å². The van der Waals surface area contributed by atoms with Gasteiger partial charge in [0, 0.05) is 11.1 Å². The summed E-state index contributed by atoms with van der Waals surface area (Å²) >= 11 is 0. The van der Waals surface area contributed by atoms with Crippen LogP contribution < -0.4 is 15.2 Å². The number of hydrogen-bond acceptors (Lipinski definition) is 3. The van der Waals surface area contributed by atoms with Gasteiger partial charge in [0.2, 0.25) is 0 Å². The first-order chi connectivity index (χ1) is 7.71. The van der Waals surface area contributed by atoms with Crippen LogP contribution in [-0.4, -0.2) is 13.2 Å². The third-order valence-corrected chi connectivity index (χ3v) is 3.66. The minimum Gasteiger partial charge on any atom is -0.486 e. The summed E-state index contributed by atoms with van der Waals surface area (Å²) in [6.07, 6.45) is 3.31. The lowest BCUT2D eigenvalue weighted by atomic mass is 9.71. The molecule has 1 saturated carbocycles. The van der Waals surface area contributed by atoms with Crippen LogP contribution >= 0.6 is 0 Å². The number of rotatable bonds is 1. The molecule has 0 aromatic heterocycles. The van der Waals surface area contributed by atoms with Crippen molar-refractivity contribution in [1.29, 1.82) is 0 Å². The quantitative estimate of drug-likeness (QED) is 0.786. The fourth-order valence-corrected chi connectivity index (χ4v) is 2.64. The molecule has 0 amide bonds. The molecule has 16 heavy (non-hydrogen) atoms. The summed E-state index contributed by atoms with van der Waals surface area (Å²) in [4.78, 5) is 0. The lowest BCUT2D eigenvalue weighted by molar-refractivity contribution is 0.159. The third-order valence-electron chi connectivity index (χ3n) is 3.66. The van der Waals surface area contributed by atoms with Gasteiger partial charge in [-0.15, -0.1) is 0 Å². The maximum absolute atomic E-state index is 6.41. The highest BCUT2D eigenvalue weighted by Crippen LogP contribution is 2.48. The number of nitrogens with two attached hydrogens (primary N) is 1. The molecule has 1 aliphatic heterocycles. The number of benzene rings is 1. The van der Waals surface area contributed by atoms with E-state index in [2.05, 4.69) is 13.0 Å². The van der Waals surface area contributed by atoms with Gasteiger partial charge in [-0.05, 0) is 37.8 Å². The molecular formula is C13H17NO2. The van der Waals surface area contributed by atoms with E-state index in [0.717, 1.165) is 29.9 Å². The van der Waals surface area contributed by atoms with Crippen LogP contribution in [0.5, 0.6) is 11.5 Å². The molecule has 0 atom stereocenters. The largest absolute Gasteiger partial charge is 0.486 e. The monoisotopic (exact) mass is 219 g/mol. The van der Waals surface area contributed by atoms with E-state index >= 15 is 0 Å². The van der Waals surface area contributed by atoms with Gasteiger partial charge in [0.25, 0.3) is 0 Å². The van der Waals surface area contributed by atoms with Crippen molar-refractivity contribution >= 4 is 0 Å². The Bertz CT molecular complexity index is 424. The Morgan fingerprint density at radius 1 is 1.19 bits per heavy atom. The van der Waals surface area contributed by atoms with Gasteiger partial charge < -0.3 is 15.2 Å². The van der Waals surface area contributed by atoms with Gasteiger partial charge in [-0.2, -0.15) is 0 Å². The first-order valence-corrected chi connectivity index (χ1v) is 5.89. The van der Waals surface area contributed by atoms with Crippen molar-refractivity contribution in [2.45, 2.75) is 31.7 Å². The zero-order chi connectivity index (χ0) is 11.2. The van der Waals surface area contributed by atoms with Crippen molar-refractivity contribution in [3.8, 4) is 11.5 Å². The molecule has 3 rings (SSSR count). The van der Waals surface area contributed by atoms with E-state index in [4.69, 9.17) is 15.2 Å². The Hall–Kier alpha value is -1.22. The smallest absolute Gasteiger partial charge is 0.166 e. The van der Waals surface area contributed by atoms with Crippen molar-refractivity contribution in [3.05, 3.63) is 23.3 Å². The van der Waals surface area contributed by atoms with Crippen molar-refractivity contribution in [1.82, 2.24) is 0 Å². The Morgan fingerprint density at radius 2 is 1.94 bits per heavy atom. The van der Waals surface area contributed by atoms with Crippen LogP contribution in [0.3, 0.4) is 0 Å². The second kappa shape index (κ2) is 3.39. The van der Waals surface area contributed by atoms with E-state index in [-0.39, 0.29) is 5.54 Å². The van der Waals surface area contributed by atoms with E-state index in [1.165, 1.54) is 12.0 Å². The van der Waals surface area contributed by atoms with E-state index in [0.29, 0.717) is 13.2 Å². The highest BCUT2D eigenvalue weighted by molar-refractivity contribution is 5.55. The first kappa shape index (κ1) is 9.97. The fraction of sp³-hybridized carbons (Fsp3) is 0.538. The number of ether oxygens (including phenoxy) is 2. The lowest BCUT2D eigenvalue weighted by Crippen LogP contribution is -2.44. The predicted octanol–water partition coefficient (Wildman–Crippen LogP) is 2.10. The van der Waals surface area contributed by atoms with Crippen molar-refractivity contribution in [2.75, 3.05) is 13.2 Å². The van der Waals surface area contributed by atoms with Gasteiger partial charge in [-0.25, -0.2) is 0 Å². The van der Waals surface area contributed by atoms with E-state index in [1.54, 1.807) is 0 Å². The minimum absolute atomic E-state index is 0.184. The number of hydrogen-bond donors (Lipinski definition) is 1. The molecule has 1 fully saturated rings. The van der Waals surface area contributed by atoms with Gasteiger partial charge in [0.05, 0.1) is 0 Å². The molecule has 3 nitrogen and oxygen atoms in total. The Labute approximate surface area is 95.5 Å². The fourth-order valence-electron chi connectivity index (χ4n) is 2.64. The molecule has 1 aromatic rings. The zero-order valence-corrected chi connectivity index (χ0v) is 9.58. The summed E-state index contributed by atoms with van der Waals surface area (Å²) in [5.74, 6) is 1.73. The molecule has 2 aliphatic rings. The van der Waals surface area contributed by atoms with Crippen LogP contribution in [-0.2, 0) is 5.54 Å². The van der Waals surface area contributed by atoms with Crippen LogP contribution in [0.15, 0.2) is 12.1 Å². The Balaban J connectivity index is 2.14. The molecule has 0 bridgehead atoms. The molecule has 0 saturated heterocycles. The normalized spacial score (nSPS) is 21.4. The number of aryl methyl sites for hydroxylation is 1. The molecule has 0 radical (unpaired) electrons. The van der Waals surface area contributed by atoms with Gasteiger partial charge in [0.15, 0.2) is 11.5 Å². The molecule has 0 spiro atoms. The van der Waals surface area contributed by atoms with E-state index in [1.807, 2.05) is 6.07 Å². The lowest BCUT2D eigenvalue weighted by Gasteiger charge is -2.41. The second-order valence-corrected chi connectivity index (χ2v) is 4.79. The summed E-state index contributed by atoms with van der Waals surface area (Å²) in [6, 6.07) is 4.06. The highest BCUT2D eigenvalue weighted by atomic mass is 16.6. The summed E-state index contributed by atoms with van der Waals surface area (Å²) in [7, 11) is 0. The summed E-state index contributed by atoms with van der Waals surface area (Å²) in [6.45, 7) is 3.35. The third kappa shape index (κ3) is 1.31. The van der Waals surface area contributed by atoms with Crippen molar-refractivity contribution in [3.63, 3.8) is 0 Å². The molecule has 3 heteroatoms. The Morgan fingerprint density at radius 3 is 2.62 bits per heavy atom. The Kier molecular flexibility index (Phi) is 2.11. The second-order valence-electron chi connectivity index (χ2n) is 4.79. The maximum atomic E-state index is 6.41. The standard InChI is InChI=1S/C13H17NO2/c1-9-3-4-10-12(16-8-7-15-10)11(9)13(14)5-2-6-13/h3-4H,2,5-8,14H2,1H3. The van der Waals surface area contributed by atoms with E-state index in [9.17, 15) is 0 Å². The summed E-state index contributed by atoms with van der Waals surface area (Å²) < 4.78 is 11.4. The molecule has 86 valence electrons. The molecule has 1 aromatic carbocycles. The van der Waals surface area contributed by atoms with Crippen molar-refractivity contribution < 1.29 is 9.47 Å². The predicted molar refractivity (Wildman–Crippen MR) is 61.9 cm³/mol. The van der Waals surface area contributed by atoms with Gasteiger partial charge in [0.1, 0.15) is 13.2 Å². The van der Waals surface area contributed by atoms with Crippen molar-refractivity contribution in [2.24, 2.45) is 5.73 Å². The number of fused-ring (bicyclic) bond motifs is 1. The summed E-state index contributed by atoms with van der Waals surface area (Å²) in [5.41, 5.74) is 8.61. The van der Waals surface area contributed by atoms with Gasteiger partial charge in [-0.3, -0.25) is 0 Å². The minimum atomic E-state index is -0.184. The van der Waals surface area contributed by atoms with Gasteiger partial charge in [-0.1, -0.05) is 6.07 Å². The highest BCUT2D eigenvalue weighted by Gasteiger charge is 2.39. The molecular weight excluding hydrogens is 202 g/mol. The SMILES string of the molecule is Cc1ccc2c(c1C1(N)CCC1)OCCO2. The van der Waals surface area contributed by atoms with Crippen LogP contribution in [0.2, 0.25) is 0 Å². The maximum Gasteiger partial charge on any atom is 0.166 e.